The number of aliphatic imine (C=N–C) groups is 1. The van der Waals surface area contributed by atoms with Gasteiger partial charge in [0.25, 0.3) is 0 Å². The largest absolute Gasteiger partial charge is 0.486 e. The van der Waals surface area contributed by atoms with E-state index in [2.05, 4.69) is 20.7 Å². The number of aromatic nitrogens is 2. The van der Waals surface area contributed by atoms with Crippen molar-refractivity contribution in [1.82, 2.24) is 20.4 Å². The number of para-hydroxylation sites is 3. The van der Waals surface area contributed by atoms with Gasteiger partial charge in [0.2, 0.25) is 0 Å². The summed E-state index contributed by atoms with van der Waals surface area (Å²) in [4.78, 5) is 4.66. The summed E-state index contributed by atoms with van der Waals surface area (Å²) in [5.41, 5.74) is 2.07. The predicted molar refractivity (Wildman–Crippen MR) is 113 cm³/mol. The van der Waals surface area contributed by atoms with Crippen molar-refractivity contribution in [2.24, 2.45) is 4.99 Å². The molecule has 1 aromatic heterocycles. The van der Waals surface area contributed by atoms with Crippen molar-refractivity contribution in [3.63, 3.8) is 0 Å². The monoisotopic (exact) mass is 391 g/mol. The Morgan fingerprint density at radius 1 is 1.10 bits per heavy atom. The first-order valence-corrected chi connectivity index (χ1v) is 9.81. The molecule has 7 heteroatoms. The van der Waals surface area contributed by atoms with Crippen LogP contribution < -0.4 is 20.1 Å². The Hall–Kier alpha value is -3.48. The zero-order valence-corrected chi connectivity index (χ0v) is 16.4. The molecular formula is C22H25N5O2. The molecule has 0 radical (unpaired) electrons. The highest BCUT2D eigenvalue weighted by Crippen LogP contribution is 2.30. The van der Waals surface area contributed by atoms with Gasteiger partial charge in [-0.2, -0.15) is 5.10 Å². The SMILES string of the molecule is CCNC(=NCc1cnn(-c2ccccc2)c1)NCC1COc2ccccc2O1. The molecule has 150 valence electrons. The highest BCUT2D eigenvalue weighted by atomic mass is 16.6. The second-order valence-electron chi connectivity index (χ2n) is 6.70. The Labute approximate surface area is 170 Å². The van der Waals surface area contributed by atoms with E-state index in [9.17, 15) is 0 Å². The van der Waals surface area contributed by atoms with E-state index in [4.69, 9.17) is 9.47 Å². The van der Waals surface area contributed by atoms with E-state index < -0.39 is 0 Å². The molecule has 1 aliphatic rings. The lowest BCUT2D eigenvalue weighted by Crippen LogP contribution is -2.45. The molecule has 0 saturated carbocycles. The van der Waals surface area contributed by atoms with Gasteiger partial charge in [-0.3, -0.25) is 0 Å². The maximum Gasteiger partial charge on any atom is 0.191 e. The second kappa shape index (κ2) is 9.14. The van der Waals surface area contributed by atoms with E-state index in [0.29, 0.717) is 19.7 Å². The van der Waals surface area contributed by atoms with Crippen molar-refractivity contribution in [1.29, 1.82) is 0 Å². The number of guanidine groups is 1. The first-order chi connectivity index (χ1) is 14.3. The molecule has 1 unspecified atom stereocenters. The summed E-state index contributed by atoms with van der Waals surface area (Å²) in [6.45, 7) is 4.46. The summed E-state index contributed by atoms with van der Waals surface area (Å²) in [6.07, 6.45) is 3.77. The molecule has 0 amide bonds. The summed E-state index contributed by atoms with van der Waals surface area (Å²) in [7, 11) is 0. The van der Waals surface area contributed by atoms with Crippen molar-refractivity contribution < 1.29 is 9.47 Å². The molecule has 29 heavy (non-hydrogen) atoms. The van der Waals surface area contributed by atoms with Crippen LogP contribution in [0.3, 0.4) is 0 Å². The van der Waals surface area contributed by atoms with E-state index in [-0.39, 0.29) is 6.10 Å². The number of hydrogen-bond acceptors (Lipinski definition) is 4. The molecule has 0 bridgehead atoms. The Balaban J connectivity index is 1.34. The first-order valence-electron chi connectivity index (χ1n) is 9.81. The number of nitrogens with one attached hydrogen (secondary N) is 2. The standard InChI is InChI=1S/C22H25N5O2/c1-2-23-22(25-14-19-16-28-20-10-6-7-11-21(20)29-19)24-12-17-13-26-27(15-17)18-8-4-3-5-9-18/h3-11,13,15,19H,2,12,14,16H2,1H3,(H2,23,24,25). The molecule has 0 saturated heterocycles. The van der Waals surface area contributed by atoms with Crippen molar-refractivity contribution in [3.05, 3.63) is 72.6 Å². The van der Waals surface area contributed by atoms with E-state index in [1.165, 1.54) is 0 Å². The van der Waals surface area contributed by atoms with Gasteiger partial charge < -0.3 is 20.1 Å². The third kappa shape index (κ3) is 4.87. The Morgan fingerprint density at radius 3 is 2.72 bits per heavy atom. The zero-order valence-electron chi connectivity index (χ0n) is 16.4. The first kappa shape index (κ1) is 18.9. The van der Waals surface area contributed by atoms with Crippen molar-refractivity contribution in [2.45, 2.75) is 19.6 Å². The summed E-state index contributed by atoms with van der Waals surface area (Å²) in [5.74, 6) is 2.31. The predicted octanol–water partition coefficient (Wildman–Crippen LogP) is 2.77. The van der Waals surface area contributed by atoms with Crippen LogP contribution in [0.25, 0.3) is 5.69 Å². The fraction of sp³-hybridized carbons (Fsp3) is 0.273. The van der Waals surface area contributed by atoms with Crippen LogP contribution in [-0.2, 0) is 6.54 Å². The van der Waals surface area contributed by atoms with Gasteiger partial charge in [-0.15, -0.1) is 0 Å². The van der Waals surface area contributed by atoms with Crippen LogP contribution in [0.15, 0.2) is 72.0 Å². The molecule has 0 spiro atoms. The van der Waals surface area contributed by atoms with Gasteiger partial charge in [0.15, 0.2) is 17.5 Å². The lowest BCUT2D eigenvalue weighted by Gasteiger charge is -2.27. The molecule has 0 aliphatic carbocycles. The molecule has 4 rings (SSSR count). The van der Waals surface area contributed by atoms with Crippen LogP contribution in [0.5, 0.6) is 11.5 Å². The molecule has 2 N–H and O–H groups in total. The second-order valence-corrected chi connectivity index (χ2v) is 6.70. The minimum Gasteiger partial charge on any atom is -0.486 e. The summed E-state index contributed by atoms with van der Waals surface area (Å²) in [5, 5.41) is 11.0. The fourth-order valence-corrected chi connectivity index (χ4v) is 3.05. The lowest BCUT2D eigenvalue weighted by atomic mass is 10.2. The highest BCUT2D eigenvalue weighted by Gasteiger charge is 2.20. The quantitative estimate of drug-likeness (QED) is 0.499. The smallest absolute Gasteiger partial charge is 0.191 e. The minimum atomic E-state index is -0.0745. The van der Waals surface area contributed by atoms with Crippen LogP contribution in [0.2, 0.25) is 0 Å². The van der Waals surface area contributed by atoms with E-state index in [1.807, 2.05) is 78.6 Å². The molecule has 3 aromatic rings. The number of rotatable bonds is 6. The van der Waals surface area contributed by atoms with E-state index in [1.54, 1.807) is 0 Å². The van der Waals surface area contributed by atoms with Crippen LogP contribution in [0.4, 0.5) is 0 Å². The number of fused-ring (bicyclic) bond motifs is 1. The Morgan fingerprint density at radius 2 is 1.90 bits per heavy atom. The third-order valence-electron chi connectivity index (χ3n) is 4.49. The van der Waals surface area contributed by atoms with Crippen molar-refractivity contribution in [3.8, 4) is 17.2 Å². The van der Waals surface area contributed by atoms with Crippen LogP contribution >= 0.6 is 0 Å². The molecular weight excluding hydrogens is 366 g/mol. The van der Waals surface area contributed by atoms with Gasteiger partial charge in [-0.1, -0.05) is 30.3 Å². The van der Waals surface area contributed by atoms with Crippen LogP contribution in [0, 0.1) is 0 Å². The lowest BCUT2D eigenvalue weighted by molar-refractivity contribution is 0.0936. The number of ether oxygens (including phenoxy) is 2. The average Bonchev–Trinajstić information content (AvgIpc) is 3.25. The van der Waals surface area contributed by atoms with Gasteiger partial charge in [0.1, 0.15) is 12.7 Å². The van der Waals surface area contributed by atoms with Gasteiger partial charge in [0, 0.05) is 18.3 Å². The molecule has 2 heterocycles. The molecule has 1 atom stereocenters. The molecule has 1 aliphatic heterocycles. The summed E-state index contributed by atoms with van der Waals surface area (Å²) < 4.78 is 13.6. The summed E-state index contributed by atoms with van der Waals surface area (Å²) in [6, 6.07) is 17.8. The van der Waals surface area contributed by atoms with Crippen LogP contribution in [-0.4, -0.2) is 41.5 Å². The van der Waals surface area contributed by atoms with Gasteiger partial charge in [-0.05, 0) is 31.2 Å². The van der Waals surface area contributed by atoms with Gasteiger partial charge >= 0.3 is 0 Å². The maximum atomic E-state index is 5.99. The topological polar surface area (TPSA) is 72.7 Å². The Kier molecular flexibility index (Phi) is 5.95. The molecule has 0 fully saturated rings. The fourth-order valence-electron chi connectivity index (χ4n) is 3.05. The zero-order chi connectivity index (χ0) is 19.9. The minimum absolute atomic E-state index is 0.0745. The van der Waals surface area contributed by atoms with Crippen molar-refractivity contribution >= 4 is 5.96 Å². The van der Waals surface area contributed by atoms with Gasteiger partial charge in [0.05, 0.1) is 25.0 Å². The number of hydrogen-bond donors (Lipinski definition) is 2. The van der Waals surface area contributed by atoms with Gasteiger partial charge in [-0.25, -0.2) is 9.67 Å². The number of nitrogens with zero attached hydrogens (tertiary/aromatic N) is 3. The van der Waals surface area contributed by atoms with Crippen molar-refractivity contribution in [2.75, 3.05) is 19.7 Å². The molecule has 7 nitrogen and oxygen atoms in total. The van der Waals surface area contributed by atoms with E-state index in [0.717, 1.165) is 35.3 Å². The molecule has 2 aromatic carbocycles. The number of benzene rings is 2. The average molecular weight is 391 g/mol. The maximum absolute atomic E-state index is 5.99. The Bertz CT molecular complexity index is 955. The third-order valence-corrected chi connectivity index (χ3v) is 4.49. The highest BCUT2D eigenvalue weighted by molar-refractivity contribution is 5.79. The summed E-state index contributed by atoms with van der Waals surface area (Å²) >= 11 is 0. The van der Waals surface area contributed by atoms with Crippen LogP contribution in [0.1, 0.15) is 12.5 Å². The normalized spacial score (nSPS) is 15.8. The van der Waals surface area contributed by atoms with E-state index >= 15 is 0 Å².